The summed E-state index contributed by atoms with van der Waals surface area (Å²) in [5, 5.41) is 2.72. The van der Waals surface area contributed by atoms with Gasteiger partial charge in [-0.15, -0.1) is 0 Å². The van der Waals surface area contributed by atoms with Crippen molar-refractivity contribution in [2.45, 2.75) is 32.1 Å². The fourth-order valence-electron chi connectivity index (χ4n) is 2.68. The smallest absolute Gasteiger partial charge is 0.00625 e. The summed E-state index contributed by atoms with van der Waals surface area (Å²) in [5.74, 6) is 1.61. The summed E-state index contributed by atoms with van der Waals surface area (Å²) in [6, 6.07) is 16.3. The van der Waals surface area contributed by atoms with Gasteiger partial charge in [-0.1, -0.05) is 55.7 Å². The van der Waals surface area contributed by atoms with E-state index in [-0.39, 0.29) is 0 Å². The zero-order valence-corrected chi connectivity index (χ0v) is 9.50. The van der Waals surface area contributed by atoms with Crippen LogP contribution < -0.4 is 0 Å². The summed E-state index contributed by atoms with van der Waals surface area (Å²) in [6.07, 6.45) is 6.64. The molecule has 2 aromatic rings. The van der Waals surface area contributed by atoms with Crippen molar-refractivity contribution in [3.63, 3.8) is 0 Å². The predicted molar refractivity (Wildman–Crippen MR) is 68.2 cm³/mol. The molecule has 1 fully saturated rings. The average Bonchev–Trinajstić information content (AvgIpc) is 2.39. The van der Waals surface area contributed by atoms with Gasteiger partial charge in [0.25, 0.3) is 0 Å². The molecule has 0 heterocycles. The van der Waals surface area contributed by atoms with E-state index in [1.165, 1.54) is 48.4 Å². The molecule has 0 N–H and O–H groups in total. The highest BCUT2D eigenvalue weighted by atomic mass is 14.2. The fraction of sp³-hybridized carbons (Fsp3) is 0.312. The molecule has 0 aromatic heterocycles. The first-order valence-corrected chi connectivity index (χ1v) is 6.20. The Kier molecular flexibility index (Phi) is 2.65. The predicted octanol–water partition coefficient (Wildman–Crippen LogP) is 4.53. The van der Waals surface area contributed by atoms with Gasteiger partial charge in [0.2, 0.25) is 0 Å². The number of benzene rings is 2. The van der Waals surface area contributed by atoms with Crippen molar-refractivity contribution in [2.24, 2.45) is 0 Å². The van der Waals surface area contributed by atoms with Gasteiger partial charge in [-0.25, -0.2) is 0 Å². The lowest BCUT2D eigenvalue weighted by atomic mass is 9.82. The summed E-state index contributed by atoms with van der Waals surface area (Å²) in [4.78, 5) is 0. The zero-order chi connectivity index (χ0) is 10.8. The van der Waals surface area contributed by atoms with Gasteiger partial charge in [-0.2, -0.15) is 0 Å². The van der Waals surface area contributed by atoms with Crippen LogP contribution in [-0.2, 0) is 0 Å². The second kappa shape index (κ2) is 4.29. The minimum Gasteiger partial charge on any atom is -0.0616 e. The average molecular weight is 208 g/mol. The van der Waals surface area contributed by atoms with Crippen LogP contribution in [0.25, 0.3) is 10.8 Å². The van der Waals surface area contributed by atoms with Crippen LogP contribution in [0.3, 0.4) is 0 Å². The molecule has 0 nitrogen and oxygen atoms in total. The van der Waals surface area contributed by atoms with E-state index in [0.717, 1.165) is 0 Å². The minimum atomic E-state index is 1.27. The molecule has 0 heteroatoms. The molecule has 80 valence electrons. The van der Waals surface area contributed by atoms with Gasteiger partial charge in [0.05, 0.1) is 0 Å². The van der Waals surface area contributed by atoms with E-state index in [4.69, 9.17) is 0 Å². The van der Waals surface area contributed by atoms with Crippen LogP contribution in [0.2, 0.25) is 0 Å². The normalized spacial score (nSPS) is 17.8. The van der Waals surface area contributed by atoms with Gasteiger partial charge < -0.3 is 0 Å². The lowest BCUT2D eigenvalue weighted by Gasteiger charge is -2.22. The summed E-state index contributed by atoms with van der Waals surface area (Å²) in [5.41, 5.74) is 1.37. The number of rotatable bonds is 1. The first kappa shape index (κ1) is 9.89. The summed E-state index contributed by atoms with van der Waals surface area (Å²) in [6.45, 7) is 0. The molecule has 0 atom stereocenters. The molecule has 1 saturated carbocycles. The van der Waals surface area contributed by atoms with Crippen LogP contribution in [0.15, 0.2) is 36.4 Å². The summed E-state index contributed by atoms with van der Waals surface area (Å²) >= 11 is 0. The van der Waals surface area contributed by atoms with Gasteiger partial charge in [0.1, 0.15) is 0 Å². The summed E-state index contributed by atoms with van der Waals surface area (Å²) < 4.78 is 0. The summed E-state index contributed by atoms with van der Waals surface area (Å²) in [7, 11) is 0. The Morgan fingerprint density at radius 3 is 2.56 bits per heavy atom. The molecule has 0 amide bonds. The number of fused-ring (bicyclic) bond motifs is 1. The maximum atomic E-state index is 3.44. The van der Waals surface area contributed by atoms with Gasteiger partial charge in [-0.3, -0.25) is 0 Å². The Hall–Kier alpha value is -1.30. The molecule has 3 rings (SSSR count). The molecule has 0 spiro atoms. The van der Waals surface area contributed by atoms with Crippen LogP contribution in [0.1, 0.15) is 37.7 Å². The lowest BCUT2D eigenvalue weighted by Crippen LogP contribution is -2.06. The van der Waals surface area contributed by atoms with Gasteiger partial charge in [0, 0.05) is 5.92 Å². The Balaban J connectivity index is 2.08. The van der Waals surface area contributed by atoms with Crippen molar-refractivity contribution in [3.8, 4) is 0 Å². The van der Waals surface area contributed by atoms with Crippen molar-refractivity contribution in [3.05, 3.63) is 53.9 Å². The topological polar surface area (TPSA) is 0 Å². The maximum Gasteiger partial charge on any atom is 0.00625 e. The van der Waals surface area contributed by atoms with Crippen LogP contribution >= 0.6 is 0 Å². The molecule has 2 aromatic carbocycles. The molecule has 0 saturated heterocycles. The lowest BCUT2D eigenvalue weighted by molar-refractivity contribution is 0.552. The van der Waals surface area contributed by atoms with E-state index in [9.17, 15) is 0 Å². The quantitative estimate of drug-likeness (QED) is 0.646. The van der Waals surface area contributed by atoms with E-state index >= 15 is 0 Å². The molecule has 0 bridgehead atoms. The van der Waals surface area contributed by atoms with Crippen LogP contribution in [-0.4, -0.2) is 0 Å². The van der Waals surface area contributed by atoms with E-state index < -0.39 is 0 Å². The van der Waals surface area contributed by atoms with Crippen molar-refractivity contribution < 1.29 is 0 Å². The van der Waals surface area contributed by atoms with E-state index in [1.54, 1.807) is 5.92 Å². The first-order valence-electron chi connectivity index (χ1n) is 6.20. The molecule has 16 heavy (non-hydrogen) atoms. The molecular weight excluding hydrogens is 192 g/mol. The fourth-order valence-corrected chi connectivity index (χ4v) is 2.68. The SMILES string of the molecule is [c]1ccc2ccccc2c1[C]1CCCCC1. The van der Waals surface area contributed by atoms with Crippen molar-refractivity contribution in [1.82, 2.24) is 0 Å². The van der Waals surface area contributed by atoms with E-state index in [1.807, 2.05) is 0 Å². The number of hydrogen-bond donors (Lipinski definition) is 0. The Morgan fingerprint density at radius 2 is 1.69 bits per heavy atom. The van der Waals surface area contributed by atoms with Crippen LogP contribution in [0, 0.1) is 12.0 Å². The highest BCUT2D eigenvalue weighted by Gasteiger charge is 2.17. The highest BCUT2D eigenvalue weighted by Crippen LogP contribution is 2.34. The second-order valence-electron chi connectivity index (χ2n) is 4.60. The molecule has 1 aliphatic rings. The third kappa shape index (κ3) is 1.73. The largest absolute Gasteiger partial charge is 0.0616 e. The monoisotopic (exact) mass is 208 g/mol. The van der Waals surface area contributed by atoms with E-state index in [2.05, 4.69) is 42.5 Å². The number of hydrogen-bond acceptors (Lipinski definition) is 0. The van der Waals surface area contributed by atoms with Gasteiger partial charge in [0.15, 0.2) is 0 Å². The molecule has 1 aliphatic carbocycles. The molecule has 0 aliphatic heterocycles. The van der Waals surface area contributed by atoms with Crippen LogP contribution in [0.5, 0.6) is 0 Å². The maximum absolute atomic E-state index is 3.44. The van der Waals surface area contributed by atoms with E-state index in [0.29, 0.717) is 0 Å². The van der Waals surface area contributed by atoms with Crippen molar-refractivity contribution in [1.29, 1.82) is 0 Å². The zero-order valence-electron chi connectivity index (χ0n) is 9.50. The van der Waals surface area contributed by atoms with Crippen LogP contribution in [0.4, 0.5) is 0 Å². The minimum absolute atomic E-state index is 1.27. The Morgan fingerprint density at radius 1 is 0.875 bits per heavy atom. The molecule has 0 unspecified atom stereocenters. The Labute approximate surface area is 97.3 Å². The first-order chi connectivity index (χ1) is 7.95. The third-order valence-corrected chi connectivity index (χ3v) is 3.53. The standard InChI is InChI=1S/C16H16/c1-2-7-13(8-3-1)16-12-6-10-14-9-4-5-11-15(14)16/h4-6,9-11H,1-3,7-8H2. The third-order valence-electron chi connectivity index (χ3n) is 3.53. The van der Waals surface area contributed by atoms with Gasteiger partial charge >= 0.3 is 0 Å². The molecule has 2 radical (unpaired) electrons. The molecular formula is C16H16. The Bertz CT molecular complexity index is 473. The second-order valence-corrected chi connectivity index (χ2v) is 4.60. The highest BCUT2D eigenvalue weighted by molar-refractivity contribution is 5.87. The van der Waals surface area contributed by atoms with Gasteiger partial charge in [-0.05, 0) is 35.2 Å². The van der Waals surface area contributed by atoms with Crippen molar-refractivity contribution >= 4 is 10.8 Å². The van der Waals surface area contributed by atoms with Crippen molar-refractivity contribution in [2.75, 3.05) is 0 Å².